The number of rotatable bonds is 5. The quantitative estimate of drug-likeness (QED) is 0.829. The average molecular weight is 263 g/mol. The highest BCUT2D eigenvalue weighted by atomic mass is 16.5. The maximum atomic E-state index is 11.8. The van der Waals surface area contributed by atoms with E-state index >= 15 is 0 Å². The van der Waals surface area contributed by atoms with Crippen molar-refractivity contribution in [2.24, 2.45) is 5.92 Å². The zero-order valence-electron chi connectivity index (χ0n) is 12.8. The monoisotopic (exact) mass is 263 g/mol. The van der Waals surface area contributed by atoms with Gasteiger partial charge in [-0.3, -0.25) is 10.1 Å². The van der Waals surface area contributed by atoms with Crippen LogP contribution in [0.25, 0.3) is 0 Å². The number of hydrogen-bond acceptors (Lipinski definition) is 3. The second-order valence-corrected chi connectivity index (χ2v) is 5.49. The SMILES string of the molecule is COC(=O)[C@@H](NC(C)c1ccc(C)cc1C)C(C)C. The molecule has 0 aliphatic carbocycles. The van der Waals surface area contributed by atoms with Gasteiger partial charge in [-0.1, -0.05) is 37.6 Å². The van der Waals surface area contributed by atoms with Gasteiger partial charge in [0, 0.05) is 6.04 Å². The van der Waals surface area contributed by atoms with Gasteiger partial charge in [-0.05, 0) is 37.8 Å². The van der Waals surface area contributed by atoms with Gasteiger partial charge >= 0.3 is 5.97 Å². The van der Waals surface area contributed by atoms with Crippen LogP contribution in [0.4, 0.5) is 0 Å². The number of ether oxygens (including phenoxy) is 1. The fourth-order valence-corrected chi connectivity index (χ4v) is 2.33. The predicted octanol–water partition coefficient (Wildman–Crippen LogP) is 3.15. The van der Waals surface area contributed by atoms with Crippen LogP contribution >= 0.6 is 0 Å². The first-order chi connectivity index (χ1) is 8.86. The zero-order chi connectivity index (χ0) is 14.6. The Morgan fingerprint density at radius 2 is 1.84 bits per heavy atom. The number of carbonyl (C=O) groups excluding carboxylic acids is 1. The largest absolute Gasteiger partial charge is 0.468 e. The summed E-state index contributed by atoms with van der Waals surface area (Å²) in [4.78, 5) is 11.8. The lowest BCUT2D eigenvalue weighted by Gasteiger charge is -2.25. The summed E-state index contributed by atoms with van der Waals surface area (Å²) in [5.41, 5.74) is 3.72. The van der Waals surface area contributed by atoms with Crippen LogP contribution < -0.4 is 5.32 Å². The molecule has 1 aromatic carbocycles. The van der Waals surface area contributed by atoms with Crippen molar-refractivity contribution >= 4 is 5.97 Å². The molecule has 19 heavy (non-hydrogen) atoms. The number of methoxy groups -OCH3 is 1. The van der Waals surface area contributed by atoms with Gasteiger partial charge in [-0.25, -0.2) is 0 Å². The topological polar surface area (TPSA) is 38.3 Å². The van der Waals surface area contributed by atoms with Crippen molar-refractivity contribution in [1.82, 2.24) is 5.32 Å². The first-order valence-electron chi connectivity index (χ1n) is 6.77. The molecule has 106 valence electrons. The van der Waals surface area contributed by atoms with Gasteiger partial charge in [0.2, 0.25) is 0 Å². The van der Waals surface area contributed by atoms with Crippen LogP contribution in [0.15, 0.2) is 18.2 Å². The molecule has 0 fully saturated rings. The molecular formula is C16H25NO2. The van der Waals surface area contributed by atoms with E-state index in [1.165, 1.54) is 23.8 Å². The van der Waals surface area contributed by atoms with Gasteiger partial charge < -0.3 is 4.74 Å². The number of carbonyl (C=O) groups is 1. The first kappa shape index (κ1) is 15.7. The lowest BCUT2D eigenvalue weighted by Crippen LogP contribution is -2.43. The zero-order valence-corrected chi connectivity index (χ0v) is 12.8. The van der Waals surface area contributed by atoms with Crippen molar-refractivity contribution in [3.63, 3.8) is 0 Å². The van der Waals surface area contributed by atoms with Crippen molar-refractivity contribution in [3.8, 4) is 0 Å². The Hall–Kier alpha value is -1.35. The summed E-state index contributed by atoms with van der Waals surface area (Å²) in [5.74, 6) is -0.00716. The molecule has 0 aliphatic rings. The van der Waals surface area contributed by atoms with E-state index in [4.69, 9.17) is 4.74 Å². The van der Waals surface area contributed by atoms with Crippen molar-refractivity contribution in [3.05, 3.63) is 34.9 Å². The normalized spacial score (nSPS) is 14.3. The van der Waals surface area contributed by atoms with Gasteiger partial charge in [0.1, 0.15) is 6.04 Å². The summed E-state index contributed by atoms with van der Waals surface area (Å²) in [6.45, 7) is 10.3. The maximum Gasteiger partial charge on any atom is 0.323 e. The summed E-state index contributed by atoms with van der Waals surface area (Å²) < 4.78 is 4.86. The third kappa shape index (κ3) is 4.06. The van der Waals surface area contributed by atoms with E-state index in [-0.39, 0.29) is 24.0 Å². The predicted molar refractivity (Wildman–Crippen MR) is 78.1 cm³/mol. The Bertz CT molecular complexity index is 440. The Morgan fingerprint density at radius 1 is 1.21 bits per heavy atom. The van der Waals surface area contributed by atoms with Crippen LogP contribution in [-0.4, -0.2) is 19.1 Å². The lowest BCUT2D eigenvalue weighted by molar-refractivity contribution is -0.144. The van der Waals surface area contributed by atoms with E-state index in [0.29, 0.717) is 0 Å². The molecular weight excluding hydrogens is 238 g/mol. The highest BCUT2D eigenvalue weighted by Crippen LogP contribution is 2.20. The van der Waals surface area contributed by atoms with E-state index in [1.54, 1.807) is 0 Å². The second-order valence-electron chi connectivity index (χ2n) is 5.49. The summed E-state index contributed by atoms with van der Waals surface area (Å²) >= 11 is 0. The first-order valence-corrected chi connectivity index (χ1v) is 6.77. The molecule has 0 aliphatic heterocycles. The molecule has 0 amide bonds. The van der Waals surface area contributed by atoms with E-state index < -0.39 is 0 Å². The molecule has 3 nitrogen and oxygen atoms in total. The molecule has 0 radical (unpaired) electrons. The molecule has 0 heterocycles. The van der Waals surface area contributed by atoms with Crippen LogP contribution in [0.2, 0.25) is 0 Å². The smallest absolute Gasteiger partial charge is 0.323 e. The summed E-state index contributed by atoms with van der Waals surface area (Å²) in [5, 5.41) is 3.37. The lowest BCUT2D eigenvalue weighted by atomic mass is 9.97. The number of aryl methyl sites for hydroxylation is 2. The van der Waals surface area contributed by atoms with Gasteiger partial charge in [-0.2, -0.15) is 0 Å². The number of hydrogen-bond donors (Lipinski definition) is 1. The second kappa shape index (κ2) is 6.71. The Kier molecular flexibility index (Phi) is 5.55. The van der Waals surface area contributed by atoms with Crippen LogP contribution in [0.3, 0.4) is 0 Å². The molecule has 2 atom stereocenters. The minimum Gasteiger partial charge on any atom is -0.468 e. The third-order valence-electron chi connectivity index (χ3n) is 3.44. The molecule has 1 aromatic rings. The fourth-order valence-electron chi connectivity index (χ4n) is 2.33. The third-order valence-corrected chi connectivity index (χ3v) is 3.44. The maximum absolute atomic E-state index is 11.8. The van der Waals surface area contributed by atoms with Crippen molar-refractivity contribution in [2.45, 2.75) is 46.7 Å². The van der Waals surface area contributed by atoms with E-state index in [2.05, 4.69) is 44.3 Å². The molecule has 3 heteroatoms. The van der Waals surface area contributed by atoms with Crippen LogP contribution in [-0.2, 0) is 9.53 Å². The number of esters is 1. The Morgan fingerprint density at radius 3 is 2.32 bits per heavy atom. The van der Waals surface area contributed by atoms with E-state index in [0.717, 1.165) is 0 Å². The van der Waals surface area contributed by atoms with Crippen molar-refractivity contribution in [2.75, 3.05) is 7.11 Å². The Balaban J connectivity index is 2.87. The van der Waals surface area contributed by atoms with Crippen LogP contribution in [0.1, 0.15) is 43.5 Å². The molecule has 0 aromatic heterocycles. The highest BCUT2D eigenvalue weighted by molar-refractivity contribution is 5.76. The minimum atomic E-state index is -0.277. The van der Waals surface area contributed by atoms with Crippen molar-refractivity contribution < 1.29 is 9.53 Å². The molecule has 0 spiro atoms. The van der Waals surface area contributed by atoms with Crippen molar-refractivity contribution in [1.29, 1.82) is 0 Å². The number of nitrogens with one attached hydrogen (secondary N) is 1. The van der Waals surface area contributed by atoms with Gasteiger partial charge in [0.05, 0.1) is 7.11 Å². The molecule has 0 bridgehead atoms. The van der Waals surface area contributed by atoms with Crippen LogP contribution in [0.5, 0.6) is 0 Å². The van der Waals surface area contributed by atoms with Gasteiger partial charge in [-0.15, -0.1) is 0 Å². The highest BCUT2D eigenvalue weighted by Gasteiger charge is 2.25. The minimum absolute atomic E-state index is 0.118. The van der Waals surface area contributed by atoms with E-state index in [9.17, 15) is 4.79 Å². The van der Waals surface area contributed by atoms with E-state index in [1.807, 2.05) is 13.8 Å². The van der Waals surface area contributed by atoms with Gasteiger partial charge in [0.15, 0.2) is 0 Å². The molecule has 0 saturated carbocycles. The average Bonchev–Trinajstić information content (AvgIpc) is 2.34. The molecule has 1 unspecified atom stereocenters. The summed E-state index contributed by atoms with van der Waals surface area (Å²) in [6.07, 6.45) is 0. The molecule has 1 rings (SSSR count). The van der Waals surface area contributed by atoms with Gasteiger partial charge in [0.25, 0.3) is 0 Å². The summed E-state index contributed by atoms with van der Waals surface area (Å²) in [6, 6.07) is 6.23. The van der Waals surface area contributed by atoms with Crippen LogP contribution in [0, 0.1) is 19.8 Å². The Labute approximate surface area is 116 Å². The molecule has 0 saturated heterocycles. The fraction of sp³-hybridized carbons (Fsp3) is 0.562. The molecule has 1 N–H and O–H groups in total. The standard InChI is InChI=1S/C16H25NO2/c1-10(2)15(16(18)19-6)17-13(5)14-8-7-11(3)9-12(14)4/h7-10,13,15,17H,1-6H3/t13?,15-/m0/s1. The summed E-state index contributed by atoms with van der Waals surface area (Å²) in [7, 11) is 1.43. The number of benzene rings is 1.